The Morgan fingerprint density at radius 2 is 1.62 bits per heavy atom. The van der Waals surface area contributed by atoms with Crippen molar-refractivity contribution in [1.29, 1.82) is 0 Å². The van der Waals surface area contributed by atoms with Crippen LogP contribution in [0.4, 0.5) is 0 Å². The Hall–Kier alpha value is 0.440. The first kappa shape index (κ1) is 16.4. The summed E-state index contributed by atoms with van der Waals surface area (Å²) in [6, 6.07) is 0.490. The van der Waals surface area contributed by atoms with Crippen LogP contribution in [0.3, 0.4) is 0 Å². The Morgan fingerprint density at radius 1 is 1.06 bits per heavy atom. The Labute approximate surface area is 112 Å². The maximum atomic E-state index is 6.40. The van der Waals surface area contributed by atoms with Crippen molar-refractivity contribution in [2.45, 2.75) is 84.1 Å². The minimum Gasteiger partial charge on any atom is -0.327 e. The van der Waals surface area contributed by atoms with Gasteiger partial charge < -0.3 is 5.73 Å². The minimum atomic E-state index is 0. The molecule has 1 fully saturated rings. The lowest BCUT2D eigenvalue weighted by atomic mass is 9.65. The Bertz CT molecular complexity index is 162. The largest absolute Gasteiger partial charge is 0.327 e. The molecule has 0 aromatic carbocycles. The molecule has 2 heteroatoms. The van der Waals surface area contributed by atoms with Crippen molar-refractivity contribution in [1.82, 2.24) is 0 Å². The fraction of sp³-hybridized carbons (Fsp3) is 1.00. The van der Waals surface area contributed by atoms with E-state index in [-0.39, 0.29) is 17.0 Å². The summed E-state index contributed by atoms with van der Waals surface area (Å²) in [4.78, 5) is 0. The van der Waals surface area contributed by atoms with Gasteiger partial charge in [-0.15, -0.1) is 17.0 Å². The van der Waals surface area contributed by atoms with Gasteiger partial charge in [-0.1, -0.05) is 52.4 Å². The lowest BCUT2D eigenvalue weighted by Gasteiger charge is -2.43. The van der Waals surface area contributed by atoms with E-state index in [0.717, 1.165) is 0 Å². The number of hydrogen-bond donors (Lipinski definition) is 1. The molecule has 0 bridgehead atoms. The van der Waals surface area contributed by atoms with Crippen LogP contribution in [0, 0.1) is 5.41 Å². The van der Waals surface area contributed by atoms with Crippen LogP contribution in [0.1, 0.15) is 78.1 Å². The SMILES string of the molecule is Br.CCCCC1(CCCC)CCCCC1N. The molecule has 1 unspecified atom stereocenters. The van der Waals surface area contributed by atoms with Crippen molar-refractivity contribution in [2.75, 3.05) is 0 Å². The molecule has 0 heterocycles. The van der Waals surface area contributed by atoms with E-state index in [1.165, 1.54) is 64.2 Å². The smallest absolute Gasteiger partial charge is 0.00955 e. The fourth-order valence-corrected chi connectivity index (χ4v) is 3.14. The first-order chi connectivity index (χ1) is 7.25. The van der Waals surface area contributed by atoms with Crippen molar-refractivity contribution in [3.63, 3.8) is 0 Å². The summed E-state index contributed by atoms with van der Waals surface area (Å²) >= 11 is 0. The highest BCUT2D eigenvalue weighted by Gasteiger charge is 2.37. The molecule has 0 aromatic rings. The first-order valence-corrected chi connectivity index (χ1v) is 7.01. The van der Waals surface area contributed by atoms with Crippen molar-refractivity contribution < 1.29 is 0 Å². The van der Waals surface area contributed by atoms with Gasteiger partial charge in [0.15, 0.2) is 0 Å². The molecule has 0 aliphatic heterocycles. The lowest BCUT2D eigenvalue weighted by molar-refractivity contribution is 0.117. The molecule has 98 valence electrons. The minimum absolute atomic E-state index is 0. The van der Waals surface area contributed by atoms with Crippen molar-refractivity contribution >= 4 is 17.0 Å². The summed E-state index contributed by atoms with van der Waals surface area (Å²) in [5.74, 6) is 0. The number of halogens is 1. The molecule has 16 heavy (non-hydrogen) atoms. The van der Waals surface area contributed by atoms with Gasteiger partial charge in [0.25, 0.3) is 0 Å². The van der Waals surface area contributed by atoms with Crippen molar-refractivity contribution in [3.05, 3.63) is 0 Å². The zero-order valence-corrected chi connectivity index (χ0v) is 12.8. The lowest BCUT2D eigenvalue weighted by Crippen LogP contribution is -2.44. The summed E-state index contributed by atoms with van der Waals surface area (Å²) in [7, 11) is 0. The number of unbranched alkanes of at least 4 members (excludes halogenated alkanes) is 2. The van der Waals surface area contributed by atoms with Crippen LogP contribution in [0.5, 0.6) is 0 Å². The molecule has 0 saturated heterocycles. The molecule has 1 aliphatic rings. The van der Waals surface area contributed by atoms with Gasteiger partial charge in [-0.3, -0.25) is 0 Å². The second kappa shape index (κ2) is 8.52. The second-order valence-electron chi connectivity index (χ2n) is 5.42. The van der Waals surface area contributed by atoms with E-state index in [0.29, 0.717) is 11.5 Å². The van der Waals surface area contributed by atoms with Gasteiger partial charge in [0.05, 0.1) is 0 Å². The predicted octanol–water partition coefficient (Wildman–Crippen LogP) is 4.83. The topological polar surface area (TPSA) is 26.0 Å². The van der Waals surface area contributed by atoms with Crippen LogP contribution in [0.2, 0.25) is 0 Å². The average molecular weight is 292 g/mol. The summed E-state index contributed by atoms with van der Waals surface area (Å²) in [5.41, 5.74) is 6.91. The normalized spacial score (nSPS) is 23.8. The van der Waals surface area contributed by atoms with E-state index in [4.69, 9.17) is 5.73 Å². The van der Waals surface area contributed by atoms with E-state index >= 15 is 0 Å². The molecule has 0 amide bonds. The van der Waals surface area contributed by atoms with Gasteiger partial charge in [-0.2, -0.15) is 0 Å². The Balaban J connectivity index is 0.00000225. The van der Waals surface area contributed by atoms with Gasteiger partial charge in [0.2, 0.25) is 0 Å². The third-order valence-electron chi connectivity index (χ3n) is 4.28. The molecular formula is C14H30BrN. The van der Waals surface area contributed by atoms with Gasteiger partial charge in [0, 0.05) is 6.04 Å². The van der Waals surface area contributed by atoms with Gasteiger partial charge >= 0.3 is 0 Å². The quantitative estimate of drug-likeness (QED) is 0.745. The highest BCUT2D eigenvalue weighted by atomic mass is 79.9. The van der Waals surface area contributed by atoms with Crippen LogP contribution in [-0.4, -0.2) is 6.04 Å². The second-order valence-corrected chi connectivity index (χ2v) is 5.42. The monoisotopic (exact) mass is 291 g/mol. The number of nitrogens with two attached hydrogens (primary N) is 1. The maximum Gasteiger partial charge on any atom is 0.00955 e. The van der Waals surface area contributed by atoms with Crippen molar-refractivity contribution in [2.24, 2.45) is 11.1 Å². The average Bonchev–Trinajstić information content (AvgIpc) is 2.27. The summed E-state index contributed by atoms with van der Waals surface area (Å²) in [5, 5.41) is 0. The highest BCUT2D eigenvalue weighted by molar-refractivity contribution is 8.93. The first-order valence-electron chi connectivity index (χ1n) is 7.01. The standard InChI is InChI=1S/C14H29N.BrH/c1-3-5-10-14(11-6-4-2)12-8-7-9-13(14)15;/h13H,3-12,15H2,1-2H3;1H. The number of rotatable bonds is 6. The molecule has 1 aliphatic carbocycles. The zero-order chi connectivity index (χ0) is 11.1. The van der Waals surface area contributed by atoms with E-state index in [9.17, 15) is 0 Å². The molecule has 0 aromatic heterocycles. The number of hydrogen-bond acceptors (Lipinski definition) is 1. The zero-order valence-electron chi connectivity index (χ0n) is 11.1. The van der Waals surface area contributed by atoms with Gasteiger partial charge in [-0.05, 0) is 31.1 Å². The molecule has 1 rings (SSSR count). The summed E-state index contributed by atoms with van der Waals surface area (Å²) < 4.78 is 0. The van der Waals surface area contributed by atoms with E-state index in [1.54, 1.807) is 0 Å². The van der Waals surface area contributed by atoms with Crippen LogP contribution in [0.15, 0.2) is 0 Å². The molecular weight excluding hydrogens is 262 g/mol. The Morgan fingerprint density at radius 3 is 2.06 bits per heavy atom. The molecule has 2 N–H and O–H groups in total. The van der Waals surface area contributed by atoms with Crippen molar-refractivity contribution in [3.8, 4) is 0 Å². The van der Waals surface area contributed by atoms with E-state index in [1.807, 2.05) is 0 Å². The fourth-order valence-electron chi connectivity index (χ4n) is 3.14. The summed E-state index contributed by atoms with van der Waals surface area (Å²) in [6.07, 6.45) is 13.6. The van der Waals surface area contributed by atoms with Gasteiger partial charge in [0.1, 0.15) is 0 Å². The van der Waals surface area contributed by atoms with Crippen LogP contribution in [0.25, 0.3) is 0 Å². The highest BCUT2D eigenvalue weighted by Crippen LogP contribution is 2.43. The maximum absolute atomic E-state index is 6.40. The molecule has 1 atom stereocenters. The van der Waals surface area contributed by atoms with E-state index in [2.05, 4.69) is 13.8 Å². The summed E-state index contributed by atoms with van der Waals surface area (Å²) in [6.45, 7) is 4.59. The third-order valence-corrected chi connectivity index (χ3v) is 4.28. The van der Waals surface area contributed by atoms with Crippen LogP contribution >= 0.6 is 17.0 Å². The molecule has 0 radical (unpaired) electrons. The van der Waals surface area contributed by atoms with E-state index < -0.39 is 0 Å². The third kappa shape index (κ3) is 4.37. The van der Waals surface area contributed by atoms with Gasteiger partial charge in [-0.25, -0.2) is 0 Å². The predicted molar refractivity (Wildman–Crippen MR) is 78.2 cm³/mol. The van der Waals surface area contributed by atoms with Crippen LogP contribution in [-0.2, 0) is 0 Å². The molecule has 1 nitrogen and oxygen atoms in total. The molecule has 1 saturated carbocycles. The molecule has 0 spiro atoms. The Kier molecular flexibility index (Phi) is 8.75. The van der Waals surface area contributed by atoms with Crippen LogP contribution < -0.4 is 5.73 Å².